The monoisotopic (exact) mass is 325 g/mol. The van der Waals surface area contributed by atoms with Gasteiger partial charge in [0.1, 0.15) is 5.75 Å². The van der Waals surface area contributed by atoms with E-state index >= 15 is 0 Å². The first-order chi connectivity index (χ1) is 9.72. The van der Waals surface area contributed by atoms with E-state index in [9.17, 15) is 5.11 Å². The van der Waals surface area contributed by atoms with Crippen LogP contribution in [0.3, 0.4) is 0 Å². The molecule has 98 valence electrons. The second-order valence-corrected chi connectivity index (χ2v) is 5.38. The summed E-state index contributed by atoms with van der Waals surface area (Å²) in [5.41, 5.74) is 2.59. The molecular formula is C17H12BrNO. The summed E-state index contributed by atoms with van der Waals surface area (Å²) in [5.74, 6) is 0.255. The molecule has 0 radical (unpaired) electrons. The van der Waals surface area contributed by atoms with Crippen LogP contribution in [0, 0.1) is 0 Å². The van der Waals surface area contributed by atoms with E-state index in [0.29, 0.717) is 0 Å². The highest BCUT2D eigenvalue weighted by Gasteiger charge is 1.99. The van der Waals surface area contributed by atoms with Crippen LogP contribution in [0.5, 0.6) is 5.75 Å². The minimum Gasteiger partial charge on any atom is -0.507 e. The highest BCUT2D eigenvalue weighted by atomic mass is 79.9. The quantitative estimate of drug-likeness (QED) is 0.728. The van der Waals surface area contributed by atoms with Gasteiger partial charge in [-0.2, -0.15) is 0 Å². The van der Waals surface area contributed by atoms with Crippen LogP contribution in [0.1, 0.15) is 11.3 Å². The zero-order valence-electron chi connectivity index (χ0n) is 10.6. The number of benzene rings is 2. The van der Waals surface area contributed by atoms with Crippen LogP contribution in [0.25, 0.3) is 23.1 Å². The third-order valence-corrected chi connectivity index (χ3v) is 3.54. The van der Waals surface area contributed by atoms with Crippen molar-refractivity contribution in [3.63, 3.8) is 0 Å². The first-order valence-corrected chi connectivity index (χ1v) is 7.04. The van der Waals surface area contributed by atoms with Crippen LogP contribution in [0.2, 0.25) is 0 Å². The summed E-state index contributed by atoms with van der Waals surface area (Å²) >= 11 is 3.39. The zero-order chi connectivity index (χ0) is 13.9. The first-order valence-electron chi connectivity index (χ1n) is 6.25. The lowest BCUT2D eigenvalue weighted by Gasteiger charge is -2.01. The van der Waals surface area contributed by atoms with Gasteiger partial charge >= 0.3 is 0 Å². The van der Waals surface area contributed by atoms with Crippen LogP contribution >= 0.6 is 15.9 Å². The van der Waals surface area contributed by atoms with Gasteiger partial charge in [0.15, 0.2) is 0 Å². The summed E-state index contributed by atoms with van der Waals surface area (Å²) in [7, 11) is 0. The van der Waals surface area contributed by atoms with E-state index in [1.807, 2.05) is 54.6 Å². The molecule has 1 heterocycles. The van der Waals surface area contributed by atoms with Gasteiger partial charge in [0.05, 0.1) is 11.2 Å². The van der Waals surface area contributed by atoms with Crippen molar-refractivity contribution in [3.8, 4) is 5.75 Å². The number of para-hydroxylation sites is 1. The number of halogens is 1. The van der Waals surface area contributed by atoms with Crippen molar-refractivity contribution in [2.45, 2.75) is 0 Å². The molecule has 0 saturated carbocycles. The molecule has 0 saturated heterocycles. The molecule has 0 fully saturated rings. The number of pyridine rings is 1. The molecule has 1 aromatic heterocycles. The number of fused-ring (bicyclic) bond motifs is 1. The molecule has 0 spiro atoms. The Kier molecular flexibility index (Phi) is 3.52. The van der Waals surface area contributed by atoms with Gasteiger partial charge in [0.2, 0.25) is 0 Å². The smallest absolute Gasteiger partial charge is 0.122 e. The first kappa shape index (κ1) is 12.9. The highest BCUT2D eigenvalue weighted by Crippen LogP contribution is 2.24. The van der Waals surface area contributed by atoms with Crippen molar-refractivity contribution in [2.24, 2.45) is 0 Å². The van der Waals surface area contributed by atoms with E-state index in [0.717, 1.165) is 26.6 Å². The Labute approximate surface area is 125 Å². The molecular weight excluding hydrogens is 314 g/mol. The Morgan fingerprint density at radius 2 is 1.80 bits per heavy atom. The van der Waals surface area contributed by atoms with Crippen molar-refractivity contribution >= 4 is 39.0 Å². The second-order valence-electron chi connectivity index (χ2n) is 4.47. The fourth-order valence-corrected chi connectivity index (χ4v) is 2.39. The molecule has 2 aromatic carbocycles. The second kappa shape index (κ2) is 5.47. The lowest BCUT2D eigenvalue weighted by atomic mass is 10.1. The van der Waals surface area contributed by atoms with Crippen molar-refractivity contribution < 1.29 is 5.11 Å². The van der Waals surface area contributed by atoms with Crippen molar-refractivity contribution in [1.82, 2.24) is 4.98 Å². The Balaban J connectivity index is 1.96. The van der Waals surface area contributed by atoms with Crippen LogP contribution < -0.4 is 0 Å². The van der Waals surface area contributed by atoms with E-state index in [1.165, 1.54) is 0 Å². The van der Waals surface area contributed by atoms with Gasteiger partial charge in [-0.1, -0.05) is 40.2 Å². The number of aromatic hydroxyl groups is 1. The Bertz CT molecular complexity index is 796. The molecule has 3 aromatic rings. The topological polar surface area (TPSA) is 33.1 Å². The maximum Gasteiger partial charge on any atom is 0.122 e. The van der Waals surface area contributed by atoms with Gasteiger partial charge in [-0.05, 0) is 42.5 Å². The number of hydrogen-bond acceptors (Lipinski definition) is 2. The number of rotatable bonds is 2. The molecule has 1 N–H and O–H groups in total. The molecule has 20 heavy (non-hydrogen) atoms. The summed E-state index contributed by atoms with van der Waals surface area (Å²) in [6, 6.07) is 17.4. The summed E-state index contributed by atoms with van der Waals surface area (Å²) in [4.78, 5) is 4.56. The van der Waals surface area contributed by atoms with E-state index in [-0.39, 0.29) is 5.75 Å². The average Bonchev–Trinajstić information content (AvgIpc) is 2.48. The van der Waals surface area contributed by atoms with Crippen LogP contribution in [-0.4, -0.2) is 10.1 Å². The number of phenols is 1. The van der Waals surface area contributed by atoms with Gasteiger partial charge in [-0.25, -0.2) is 4.98 Å². The Hall–Kier alpha value is -2.13. The Morgan fingerprint density at radius 3 is 2.70 bits per heavy atom. The summed E-state index contributed by atoms with van der Waals surface area (Å²) in [6.07, 6.45) is 3.76. The summed E-state index contributed by atoms with van der Waals surface area (Å²) < 4.78 is 0.932. The number of aromatic nitrogens is 1. The number of hydrogen-bond donors (Lipinski definition) is 1. The van der Waals surface area contributed by atoms with E-state index < -0.39 is 0 Å². The predicted molar refractivity (Wildman–Crippen MR) is 86.5 cm³/mol. The molecule has 0 amide bonds. The number of phenolic OH excluding ortho intramolecular Hbond substituents is 1. The fourth-order valence-electron chi connectivity index (χ4n) is 2.01. The average molecular weight is 326 g/mol. The Morgan fingerprint density at radius 1 is 0.950 bits per heavy atom. The minimum atomic E-state index is 0.255. The largest absolute Gasteiger partial charge is 0.507 e. The molecule has 2 nitrogen and oxygen atoms in total. The fraction of sp³-hybridized carbons (Fsp3) is 0. The SMILES string of the molecule is Oc1ccc(Br)cc1/C=C\c1ccc2ccccc2n1. The molecule has 3 rings (SSSR count). The van der Waals surface area contributed by atoms with Crippen LogP contribution in [0.15, 0.2) is 59.1 Å². The van der Waals surface area contributed by atoms with Crippen LogP contribution in [0.4, 0.5) is 0 Å². The van der Waals surface area contributed by atoms with Crippen molar-refractivity contribution in [1.29, 1.82) is 0 Å². The standard InChI is InChI=1S/C17H12BrNO/c18-14-7-10-17(20)13(11-14)6-9-15-8-5-12-3-1-2-4-16(12)19-15/h1-11,20H/b9-6-. The van der Waals surface area contributed by atoms with Gasteiger partial charge in [0, 0.05) is 15.4 Å². The summed E-state index contributed by atoms with van der Waals surface area (Å²) in [5, 5.41) is 10.9. The highest BCUT2D eigenvalue weighted by molar-refractivity contribution is 9.10. The van der Waals surface area contributed by atoms with E-state index in [1.54, 1.807) is 12.1 Å². The maximum absolute atomic E-state index is 9.79. The van der Waals surface area contributed by atoms with Gasteiger partial charge < -0.3 is 5.11 Å². The van der Waals surface area contributed by atoms with Crippen molar-refractivity contribution in [2.75, 3.05) is 0 Å². The normalized spacial score (nSPS) is 11.2. The minimum absolute atomic E-state index is 0.255. The zero-order valence-corrected chi connectivity index (χ0v) is 12.2. The third kappa shape index (κ3) is 2.73. The lowest BCUT2D eigenvalue weighted by Crippen LogP contribution is -1.82. The van der Waals surface area contributed by atoms with Gasteiger partial charge in [-0.15, -0.1) is 0 Å². The molecule has 0 unspecified atom stereocenters. The molecule has 0 aliphatic heterocycles. The molecule has 0 atom stereocenters. The van der Waals surface area contributed by atoms with Gasteiger partial charge in [-0.3, -0.25) is 0 Å². The molecule has 0 aliphatic rings. The third-order valence-electron chi connectivity index (χ3n) is 3.04. The van der Waals surface area contributed by atoms with Crippen LogP contribution in [-0.2, 0) is 0 Å². The van der Waals surface area contributed by atoms with Gasteiger partial charge in [0.25, 0.3) is 0 Å². The maximum atomic E-state index is 9.79. The molecule has 0 aliphatic carbocycles. The predicted octanol–water partition coefficient (Wildman–Crippen LogP) is 4.87. The molecule has 3 heteroatoms. The van der Waals surface area contributed by atoms with E-state index in [2.05, 4.69) is 20.9 Å². The number of nitrogens with zero attached hydrogens (tertiary/aromatic N) is 1. The summed E-state index contributed by atoms with van der Waals surface area (Å²) in [6.45, 7) is 0. The van der Waals surface area contributed by atoms with Crippen molar-refractivity contribution in [3.05, 3.63) is 70.3 Å². The lowest BCUT2D eigenvalue weighted by molar-refractivity contribution is 0.474. The van der Waals surface area contributed by atoms with E-state index in [4.69, 9.17) is 0 Å². The molecule has 0 bridgehead atoms.